The molecule has 6 heteroatoms. The number of nitrogens with zero attached hydrogens (tertiary/aromatic N) is 2. The zero-order valence-electron chi connectivity index (χ0n) is 14.6. The molecule has 2 aliphatic heterocycles. The minimum Gasteiger partial charge on any atom is -0.460 e. The van der Waals surface area contributed by atoms with Crippen LogP contribution in [-0.4, -0.2) is 52.6 Å². The summed E-state index contributed by atoms with van der Waals surface area (Å²) in [7, 11) is 0. The number of nitrogens with one attached hydrogen (secondary N) is 1. The molecule has 1 N–H and O–H groups in total. The van der Waals surface area contributed by atoms with E-state index in [9.17, 15) is 0 Å². The predicted octanol–water partition coefficient (Wildman–Crippen LogP) is 2.75. The fraction of sp³-hybridized carbons (Fsp3) is 0.611. The SMILES string of the molecule is Cc1ccc(-c2[nH]ncc2CN2CC(C)(C)OC3(CCOC3)C2)o1. The number of morpholine rings is 1. The minimum atomic E-state index is -0.183. The Balaban J connectivity index is 1.56. The summed E-state index contributed by atoms with van der Waals surface area (Å²) in [6.07, 6.45) is 2.86. The van der Waals surface area contributed by atoms with Gasteiger partial charge in [-0.2, -0.15) is 5.10 Å². The molecular weight excluding hydrogens is 306 g/mol. The number of aromatic amines is 1. The molecule has 1 unspecified atom stereocenters. The molecule has 1 spiro atoms. The highest BCUT2D eigenvalue weighted by Crippen LogP contribution is 2.36. The molecule has 2 aromatic heterocycles. The van der Waals surface area contributed by atoms with Crippen molar-refractivity contribution in [2.75, 3.05) is 26.3 Å². The van der Waals surface area contributed by atoms with Crippen LogP contribution in [0.3, 0.4) is 0 Å². The van der Waals surface area contributed by atoms with Gasteiger partial charge in [-0.1, -0.05) is 0 Å². The molecule has 6 nitrogen and oxygen atoms in total. The average molecular weight is 331 g/mol. The Hall–Kier alpha value is -1.63. The number of furan rings is 1. The Labute approximate surface area is 142 Å². The van der Waals surface area contributed by atoms with Crippen molar-refractivity contribution in [1.29, 1.82) is 0 Å². The van der Waals surface area contributed by atoms with Crippen LogP contribution in [0.4, 0.5) is 0 Å². The number of ether oxygens (including phenoxy) is 2. The highest BCUT2D eigenvalue weighted by atomic mass is 16.6. The van der Waals surface area contributed by atoms with Gasteiger partial charge in [-0.3, -0.25) is 10.00 Å². The van der Waals surface area contributed by atoms with Gasteiger partial charge in [0.05, 0.1) is 18.4 Å². The molecule has 0 saturated carbocycles. The van der Waals surface area contributed by atoms with Crippen LogP contribution in [0.15, 0.2) is 22.7 Å². The summed E-state index contributed by atoms with van der Waals surface area (Å²) in [6, 6.07) is 3.96. The summed E-state index contributed by atoms with van der Waals surface area (Å²) < 4.78 is 17.8. The van der Waals surface area contributed by atoms with E-state index < -0.39 is 0 Å². The van der Waals surface area contributed by atoms with Gasteiger partial charge in [0.15, 0.2) is 5.76 Å². The number of hydrogen-bond donors (Lipinski definition) is 1. The summed E-state index contributed by atoms with van der Waals surface area (Å²) in [4.78, 5) is 2.45. The van der Waals surface area contributed by atoms with Crippen molar-refractivity contribution >= 4 is 0 Å². The summed E-state index contributed by atoms with van der Waals surface area (Å²) in [5.41, 5.74) is 1.75. The van der Waals surface area contributed by atoms with Crippen LogP contribution in [0, 0.1) is 6.92 Å². The molecule has 130 valence electrons. The Bertz CT molecular complexity index is 713. The van der Waals surface area contributed by atoms with E-state index >= 15 is 0 Å². The van der Waals surface area contributed by atoms with E-state index in [0.717, 1.165) is 55.4 Å². The number of aromatic nitrogens is 2. The number of H-pyrrole nitrogens is 1. The zero-order chi connectivity index (χ0) is 16.8. The van der Waals surface area contributed by atoms with Crippen molar-refractivity contribution in [3.63, 3.8) is 0 Å². The van der Waals surface area contributed by atoms with Crippen molar-refractivity contribution < 1.29 is 13.9 Å². The molecule has 0 amide bonds. The second kappa shape index (κ2) is 5.72. The lowest BCUT2D eigenvalue weighted by molar-refractivity contribution is -0.196. The molecule has 0 aromatic carbocycles. The monoisotopic (exact) mass is 331 g/mol. The van der Waals surface area contributed by atoms with Gasteiger partial charge in [0.25, 0.3) is 0 Å². The van der Waals surface area contributed by atoms with E-state index in [1.54, 1.807) is 0 Å². The predicted molar refractivity (Wildman–Crippen MR) is 89.6 cm³/mol. The van der Waals surface area contributed by atoms with Crippen LogP contribution >= 0.6 is 0 Å². The van der Waals surface area contributed by atoms with Gasteiger partial charge < -0.3 is 13.9 Å². The number of rotatable bonds is 3. The van der Waals surface area contributed by atoms with Crippen molar-refractivity contribution in [3.8, 4) is 11.5 Å². The molecule has 2 aromatic rings. The summed E-state index contributed by atoms with van der Waals surface area (Å²) in [5, 5.41) is 7.31. The summed E-state index contributed by atoms with van der Waals surface area (Å²) in [5.74, 6) is 1.74. The number of hydrogen-bond acceptors (Lipinski definition) is 5. The molecule has 4 rings (SSSR count). The van der Waals surface area contributed by atoms with Crippen LogP contribution in [0.2, 0.25) is 0 Å². The first kappa shape index (κ1) is 15.9. The molecule has 0 radical (unpaired) electrons. The molecule has 4 heterocycles. The van der Waals surface area contributed by atoms with Gasteiger partial charge >= 0.3 is 0 Å². The minimum absolute atomic E-state index is 0.174. The molecule has 0 bridgehead atoms. The van der Waals surface area contributed by atoms with E-state index in [0.29, 0.717) is 6.61 Å². The Kier molecular flexibility index (Phi) is 3.78. The Morgan fingerprint density at radius 3 is 2.88 bits per heavy atom. The van der Waals surface area contributed by atoms with Gasteiger partial charge in [-0.05, 0) is 32.9 Å². The van der Waals surface area contributed by atoms with E-state index in [4.69, 9.17) is 13.9 Å². The van der Waals surface area contributed by atoms with E-state index in [-0.39, 0.29) is 11.2 Å². The molecule has 1 atom stereocenters. The van der Waals surface area contributed by atoms with Crippen LogP contribution in [0.1, 0.15) is 31.6 Å². The first-order chi connectivity index (χ1) is 11.4. The second-order valence-electron chi connectivity index (χ2n) is 7.67. The van der Waals surface area contributed by atoms with Crippen LogP contribution in [0.25, 0.3) is 11.5 Å². The first-order valence-electron chi connectivity index (χ1n) is 8.54. The lowest BCUT2D eigenvalue weighted by Crippen LogP contribution is -2.59. The maximum atomic E-state index is 6.38. The van der Waals surface area contributed by atoms with Crippen molar-refractivity contribution in [2.45, 2.75) is 44.9 Å². The zero-order valence-corrected chi connectivity index (χ0v) is 14.6. The van der Waals surface area contributed by atoms with Gasteiger partial charge in [0.2, 0.25) is 0 Å². The molecule has 24 heavy (non-hydrogen) atoms. The van der Waals surface area contributed by atoms with Crippen LogP contribution < -0.4 is 0 Å². The van der Waals surface area contributed by atoms with Gasteiger partial charge in [0, 0.05) is 38.2 Å². The third-order valence-corrected chi connectivity index (χ3v) is 4.77. The third-order valence-electron chi connectivity index (χ3n) is 4.77. The second-order valence-corrected chi connectivity index (χ2v) is 7.67. The third kappa shape index (κ3) is 3.01. The maximum Gasteiger partial charge on any atom is 0.152 e. The average Bonchev–Trinajstić information content (AvgIpc) is 3.19. The van der Waals surface area contributed by atoms with Crippen molar-refractivity contribution in [3.05, 3.63) is 29.7 Å². The quantitative estimate of drug-likeness (QED) is 0.937. The molecule has 2 saturated heterocycles. The molecule has 2 fully saturated rings. The summed E-state index contributed by atoms with van der Waals surface area (Å²) >= 11 is 0. The standard InChI is InChI=1S/C18H25N3O3/c1-13-4-5-15(23-13)16-14(8-19-20-16)9-21-10-17(2,3)24-18(11-21)6-7-22-12-18/h4-5,8H,6-7,9-12H2,1-3H3,(H,19,20). The lowest BCUT2D eigenvalue weighted by atomic mass is 9.94. The Morgan fingerprint density at radius 1 is 1.29 bits per heavy atom. The normalized spacial score (nSPS) is 27.1. The van der Waals surface area contributed by atoms with Crippen molar-refractivity contribution in [2.24, 2.45) is 0 Å². The van der Waals surface area contributed by atoms with Crippen molar-refractivity contribution in [1.82, 2.24) is 15.1 Å². The maximum absolute atomic E-state index is 6.38. The fourth-order valence-electron chi connectivity index (χ4n) is 4.01. The Morgan fingerprint density at radius 2 is 2.17 bits per heavy atom. The largest absolute Gasteiger partial charge is 0.460 e. The molecular formula is C18H25N3O3. The highest BCUT2D eigenvalue weighted by Gasteiger charge is 2.46. The fourth-order valence-corrected chi connectivity index (χ4v) is 4.01. The van der Waals surface area contributed by atoms with E-state index in [2.05, 4.69) is 28.9 Å². The molecule has 0 aliphatic carbocycles. The van der Waals surface area contributed by atoms with Crippen LogP contribution in [0.5, 0.6) is 0 Å². The summed E-state index contributed by atoms with van der Waals surface area (Å²) in [6.45, 7) is 10.3. The first-order valence-corrected chi connectivity index (χ1v) is 8.54. The highest BCUT2D eigenvalue weighted by molar-refractivity contribution is 5.56. The van der Waals surface area contributed by atoms with Gasteiger partial charge in [-0.15, -0.1) is 0 Å². The lowest BCUT2D eigenvalue weighted by Gasteiger charge is -2.48. The van der Waals surface area contributed by atoms with E-state index in [1.807, 2.05) is 25.3 Å². The van der Waals surface area contributed by atoms with E-state index in [1.165, 1.54) is 0 Å². The van der Waals surface area contributed by atoms with Gasteiger partial charge in [0.1, 0.15) is 17.1 Å². The smallest absolute Gasteiger partial charge is 0.152 e. The molecule has 2 aliphatic rings. The van der Waals surface area contributed by atoms with Crippen LogP contribution in [-0.2, 0) is 16.0 Å². The topological polar surface area (TPSA) is 63.5 Å². The number of aryl methyl sites for hydroxylation is 1. The van der Waals surface area contributed by atoms with Gasteiger partial charge in [-0.25, -0.2) is 0 Å².